The Bertz CT molecular complexity index is 1980. The lowest BCUT2D eigenvalue weighted by atomic mass is 9.71. The quantitative estimate of drug-likeness (QED) is 0.171. The molecule has 3 aromatic rings. The second-order valence-corrected chi connectivity index (χ2v) is 16.8. The maximum absolute atomic E-state index is 15.6. The van der Waals surface area contributed by atoms with Crippen LogP contribution < -0.4 is 15.0 Å². The predicted octanol–water partition coefficient (Wildman–Crippen LogP) is 6.77. The molecule has 3 fully saturated rings. The first kappa shape index (κ1) is 38.8. The zero-order valence-electron chi connectivity index (χ0n) is 32.6. The first-order valence-electron chi connectivity index (χ1n) is 19.6. The minimum Gasteiger partial charge on any atom is -0.508 e. The number of likely N-dealkylation sites (N-methyl/N-ethyl adjacent to an activating group) is 1. The van der Waals surface area contributed by atoms with E-state index >= 15 is 8.78 Å². The molecular weight excluding hydrogens is 703 g/mol. The molecule has 55 heavy (non-hydrogen) atoms. The molecule has 7 rings (SSSR count). The standard InChI is InChI=1S/C43H54F2N6O4/c1-7-32-34(45)12-11-28-21-31(52)22-36(38(28)32)50-18-13-33-35(25-50)47-40(48-39(33)46-26-42(16-9-10-17-42)49(6)37(53)8-2)55-27-43(41(3,4)5)23-29(44)24-51(43)30-14-19-54-20-15-30/h1,8,11-12,21-22,29-30,52H,2,9-10,13-20,23-27H2,3-6H3,(H,46,47,48)/t29-,43+/m1/s1. The number of aromatic hydroxyl groups is 1. The minimum absolute atomic E-state index is 0.0429. The second kappa shape index (κ2) is 15.2. The molecule has 1 aromatic heterocycles. The molecule has 0 bridgehead atoms. The van der Waals surface area contributed by atoms with E-state index in [2.05, 4.69) is 48.4 Å². The number of halogens is 2. The van der Waals surface area contributed by atoms with Crippen LogP contribution in [0.5, 0.6) is 11.8 Å². The highest BCUT2D eigenvalue weighted by atomic mass is 19.1. The molecule has 1 saturated carbocycles. The Morgan fingerprint density at radius 2 is 1.98 bits per heavy atom. The van der Waals surface area contributed by atoms with Crippen molar-refractivity contribution < 1.29 is 28.2 Å². The molecule has 3 aliphatic heterocycles. The summed E-state index contributed by atoms with van der Waals surface area (Å²) in [6.07, 6.45) is 12.4. The van der Waals surface area contributed by atoms with Crippen molar-refractivity contribution in [3.8, 4) is 24.1 Å². The number of likely N-dealkylation sites (tertiary alicyclic amines) is 1. The lowest BCUT2D eigenvalue weighted by Gasteiger charge is -2.51. The van der Waals surface area contributed by atoms with E-state index in [1.54, 1.807) is 23.1 Å². The molecule has 4 heterocycles. The van der Waals surface area contributed by atoms with Gasteiger partial charge in [-0.05, 0) is 61.1 Å². The van der Waals surface area contributed by atoms with Crippen molar-refractivity contribution in [2.75, 3.05) is 56.7 Å². The van der Waals surface area contributed by atoms with Gasteiger partial charge in [0.05, 0.1) is 28.9 Å². The number of alkyl halides is 1. The summed E-state index contributed by atoms with van der Waals surface area (Å²) in [5.41, 5.74) is 1.00. The highest BCUT2D eigenvalue weighted by Crippen LogP contribution is 2.47. The molecule has 0 unspecified atom stereocenters. The maximum atomic E-state index is 15.6. The van der Waals surface area contributed by atoms with Crippen molar-refractivity contribution in [2.45, 2.75) is 102 Å². The van der Waals surface area contributed by atoms with Gasteiger partial charge in [-0.15, -0.1) is 6.42 Å². The largest absolute Gasteiger partial charge is 0.508 e. The van der Waals surface area contributed by atoms with Crippen molar-refractivity contribution in [1.29, 1.82) is 0 Å². The van der Waals surface area contributed by atoms with Crippen LogP contribution in [0.4, 0.5) is 20.3 Å². The minimum atomic E-state index is -0.992. The summed E-state index contributed by atoms with van der Waals surface area (Å²) in [4.78, 5) is 29.1. The highest BCUT2D eigenvalue weighted by molar-refractivity contribution is 6.00. The number of carbonyl (C=O) groups excluding carboxylic acids is 1. The number of carbonyl (C=O) groups is 1. The fourth-order valence-corrected chi connectivity index (χ4v) is 9.61. The van der Waals surface area contributed by atoms with E-state index in [-0.39, 0.29) is 41.3 Å². The molecule has 4 aliphatic rings. The van der Waals surface area contributed by atoms with Gasteiger partial charge < -0.3 is 29.7 Å². The Morgan fingerprint density at radius 1 is 1.24 bits per heavy atom. The number of fused-ring (bicyclic) bond motifs is 2. The number of ether oxygens (including phenoxy) is 2. The Morgan fingerprint density at radius 3 is 2.67 bits per heavy atom. The van der Waals surface area contributed by atoms with Gasteiger partial charge in [-0.25, -0.2) is 8.78 Å². The summed E-state index contributed by atoms with van der Waals surface area (Å²) < 4.78 is 43.0. The number of benzene rings is 2. The number of terminal acetylenes is 1. The lowest BCUT2D eigenvalue weighted by molar-refractivity contribution is -0.129. The molecule has 2 saturated heterocycles. The Balaban J connectivity index is 1.26. The number of aromatic nitrogens is 2. The maximum Gasteiger partial charge on any atom is 0.318 e. The highest BCUT2D eigenvalue weighted by Gasteiger charge is 2.56. The number of rotatable bonds is 10. The van der Waals surface area contributed by atoms with Crippen LogP contribution >= 0.6 is 0 Å². The third-order valence-corrected chi connectivity index (χ3v) is 12.9. The van der Waals surface area contributed by atoms with E-state index in [9.17, 15) is 9.90 Å². The van der Waals surface area contributed by atoms with Crippen molar-refractivity contribution in [3.63, 3.8) is 0 Å². The summed E-state index contributed by atoms with van der Waals surface area (Å²) in [5, 5.41) is 15.6. The number of amides is 1. The zero-order chi connectivity index (χ0) is 39.1. The van der Waals surface area contributed by atoms with Gasteiger partial charge in [0.15, 0.2) is 0 Å². The van der Waals surface area contributed by atoms with Gasteiger partial charge in [-0.1, -0.05) is 52.2 Å². The molecule has 1 amide bonds. The Hall–Kier alpha value is -4.47. The average molecular weight is 757 g/mol. The molecule has 12 heteroatoms. The van der Waals surface area contributed by atoms with Crippen LogP contribution in [0, 0.1) is 23.6 Å². The van der Waals surface area contributed by atoms with Crippen LogP contribution in [0.2, 0.25) is 0 Å². The Labute approximate surface area is 323 Å². The Kier molecular flexibility index (Phi) is 10.7. The number of nitrogens with zero attached hydrogens (tertiary/aromatic N) is 5. The van der Waals surface area contributed by atoms with Crippen molar-refractivity contribution >= 4 is 28.2 Å². The van der Waals surface area contributed by atoms with E-state index in [0.29, 0.717) is 80.2 Å². The third kappa shape index (κ3) is 7.22. The van der Waals surface area contributed by atoms with Gasteiger partial charge >= 0.3 is 6.01 Å². The van der Waals surface area contributed by atoms with Crippen LogP contribution in [-0.2, 0) is 22.5 Å². The average Bonchev–Trinajstić information content (AvgIpc) is 3.81. The number of phenolic OH excluding ortho intramolecular Hbond substituents is 1. The molecule has 0 spiro atoms. The number of nitrogens with one attached hydrogen (secondary N) is 1. The molecule has 0 radical (unpaired) electrons. The number of hydrogen-bond acceptors (Lipinski definition) is 9. The monoisotopic (exact) mass is 756 g/mol. The summed E-state index contributed by atoms with van der Waals surface area (Å²) in [7, 11) is 1.83. The van der Waals surface area contributed by atoms with E-state index in [4.69, 9.17) is 25.9 Å². The van der Waals surface area contributed by atoms with E-state index in [1.165, 1.54) is 12.1 Å². The van der Waals surface area contributed by atoms with Crippen LogP contribution in [-0.4, -0.2) is 101 Å². The SMILES string of the molecule is C#Cc1c(F)ccc2cc(O)cc(N3CCc4c(nc(OC[C@]5(C(C)(C)C)C[C@@H](F)CN5C5CCOCC5)nc4NCC4(N(C)C(=O)C=C)CCCC4)C3)c12. The van der Waals surface area contributed by atoms with Gasteiger partial charge in [-0.2, -0.15) is 9.97 Å². The van der Waals surface area contributed by atoms with Gasteiger partial charge in [0, 0.05) is 75.1 Å². The summed E-state index contributed by atoms with van der Waals surface area (Å²) >= 11 is 0. The second-order valence-electron chi connectivity index (χ2n) is 16.8. The number of hydrogen-bond donors (Lipinski definition) is 2. The number of phenols is 1. The molecular formula is C43H54F2N6O4. The van der Waals surface area contributed by atoms with Gasteiger partial charge in [-0.3, -0.25) is 9.69 Å². The summed E-state index contributed by atoms with van der Waals surface area (Å²) in [6.45, 7) is 13.3. The van der Waals surface area contributed by atoms with Crippen LogP contribution in [0.25, 0.3) is 10.8 Å². The normalized spacial score (nSPS) is 23.0. The van der Waals surface area contributed by atoms with E-state index in [0.717, 1.165) is 44.1 Å². The molecule has 2 N–H and O–H groups in total. The van der Waals surface area contributed by atoms with Gasteiger partial charge in [0.2, 0.25) is 5.91 Å². The lowest BCUT2D eigenvalue weighted by Crippen LogP contribution is -2.61. The first-order chi connectivity index (χ1) is 26.3. The first-order valence-corrected chi connectivity index (χ1v) is 19.6. The van der Waals surface area contributed by atoms with Crippen molar-refractivity contribution in [3.05, 3.63) is 59.6 Å². The fraction of sp³-hybridized carbons (Fsp3) is 0.558. The predicted molar refractivity (Wildman–Crippen MR) is 211 cm³/mol. The number of anilines is 2. The molecule has 2 atom stereocenters. The third-order valence-electron chi connectivity index (χ3n) is 12.9. The molecule has 2 aromatic carbocycles. The van der Waals surface area contributed by atoms with E-state index < -0.39 is 23.1 Å². The van der Waals surface area contributed by atoms with Crippen LogP contribution in [0.3, 0.4) is 0 Å². The summed E-state index contributed by atoms with van der Waals surface area (Å²) in [6, 6.07) is 6.50. The fourth-order valence-electron chi connectivity index (χ4n) is 9.61. The van der Waals surface area contributed by atoms with Gasteiger partial charge in [0.25, 0.3) is 0 Å². The molecule has 1 aliphatic carbocycles. The summed E-state index contributed by atoms with van der Waals surface area (Å²) in [5.74, 6) is 2.56. The van der Waals surface area contributed by atoms with E-state index in [1.807, 2.05) is 7.05 Å². The topological polar surface area (TPSA) is 103 Å². The smallest absolute Gasteiger partial charge is 0.318 e. The molecule has 10 nitrogen and oxygen atoms in total. The molecule has 294 valence electrons. The van der Waals surface area contributed by atoms with Gasteiger partial charge in [0.1, 0.15) is 30.2 Å². The van der Waals surface area contributed by atoms with Crippen molar-refractivity contribution in [1.82, 2.24) is 19.8 Å². The van der Waals surface area contributed by atoms with Crippen molar-refractivity contribution in [2.24, 2.45) is 5.41 Å². The van der Waals surface area contributed by atoms with Crippen LogP contribution in [0.15, 0.2) is 36.9 Å². The van der Waals surface area contributed by atoms with Crippen LogP contribution in [0.1, 0.15) is 82.5 Å². The zero-order valence-corrected chi connectivity index (χ0v) is 32.6.